The summed E-state index contributed by atoms with van der Waals surface area (Å²) in [7, 11) is 0.964. The standard InChI is InChI=1S/C21H32BNO6/c1-12-13(2)18(26-7)14(19(25)23-16-11-27-9-8-17(16)24)10-15(12)22-28-20(3,4)21(5,6)29-22/h10,16-17,24H,8-9,11H2,1-7H3,(H,23,25)/t16-,17-/m0/s1. The zero-order valence-corrected chi connectivity index (χ0v) is 18.4. The van der Waals surface area contributed by atoms with Crippen LogP contribution in [0.1, 0.15) is 55.6 Å². The molecule has 2 heterocycles. The molecule has 2 saturated heterocycles. The highest BCUT2D eigenvalue weighted by molar-refractivity contribution is 6.62. The van der Waals surface area contributed by atoms with Crippen LogP contribution in [-0.4, -0.2) is 61.8 Å². The molecular formula is C21H32BNO6. The summed E-state index contributed by atoms with van der Waals surface area (Å²) in [5.74, 6) is 0.184. The molecule has 1 aromatic carbocycles. The van der Waals surface area contributed by atoms with Crippen LogP contribution in [0.15, 0.2) is 6.07 Å². The Balaban J connectivity index is 1.96. The Labute approximate surface area is 173 Å². The lowest BCUT2D eigenvalue weighted by Gasteiger charge is -2.32. The third kappa shape index (κ3) is 4.03. The molecule has 2 atom stereocenters. The highest BCUT2D eigenvalue weighted by Crippen LogP contribution is 2.37. The maximum absolute atomic E-state index is 13.1. The first-order chi connectivity index (χ1) is 13.5. The van der Waals surface area contributed by atoms with Gasteiger partial charge in [-0.1, -0.05) is 0 Å². The second-order valence-corrected chi connectivity index (χ2v) is 8.90. The van der Waals surface area contributed by atoms with E-state index in [0.29, 0.717) is 24.3 Å². The van der Waals surface area contributed by atoms with Crippen molar-refractivity contribution in [1.82, 2.24) is 5.32 Å². The fourth-order valence-electron chi connectivity index (χ4n) is 3.68. The first-order valence-corrected chi connectivity index (χ1v) is 10.1. The van der Waals surface area contributed by atoms with E-state index in [2.05, 4.69) is 5.32 Å². The van der Waals surface area contributed by atoms with E-state index in [0.717, 1.165) is 16.6 Å². The van der Waals surface area contributed by atoms with E-state index in [1.165, 1.54) is 0 Å². The fraction of sp³-hybridized carbons (Fsp3) is 0.667. The van der Waals surface area contributed by atoms with Crippen molar-refractivity contribution < 1.29 is 28.7 Å². The van der Waals surface area contributed by atoms with E-state index >= 15 is 0 Å². The molecule has 29 heavy (non-hydrogen) atoms. The van der Waals surface area contributed by atoms with Gasteiger partial charge in [0, 0.05) is 6.61 Å². The average Bonchev–Trinajstić information content (AvgIpc) is 2.86. The van der Waals surface area contributed by atoms with Crippen LogP contribution in [0.3, 0.4) is 0 Å². The molecule has 3 rings (SSSR count). The smallest absolute Gasteiger partial charge is 0.495 e. The van der Waals surface area contributed by atoms with Crippen LogP contribution in [-0.2, 0) is 14.0 Å². The molecule has 0 saturated carbocycles. The molecule has 1 amide bonds. The number of amides is 1. The molecule has 0 unspecified atom stereocenters. The van der Waals surface area contributed by atoms with Crippen LogP contribution in [0.25, 0.3) is 0 Å². The van der Waals surface area contributed by atoms with Gasteiger partial charge in [-0.15, -0.1) is 0 Å². The summed E-state index contributed by atoms with van der Waals surface area (Å²) < 4.78 is 23.4. The van der Waals surface area contributed by atoms with Gasteiger partial charge in [0.2, 0.25) is 0 Å². The molecule has 0 spiro atoms. The number of ether oxygens (including phenoxy) is 2. The molecule has 7 nitrogen and oxygen atoms in total. The van der Waals surface area contributed by atoms with Gasteiger partial charge >= 0.3 is 7.12 Å². The van der Waals surface area contributed by atoms with E-state index in [1.807, 2.05) is 41.5 Å². The van der Waals surface area contributed by atoms with Gasteiger partial charge in [-0.25, -0.2) is 0 Å². The number of hydrogen-bond acceptors (Lipinski definition) is 6. The lowest BCUT2D eigenvalue weighted by Crippen LogP contribution is -2.49. The number of rotatable bonds is 4. The second kappa shape index (κ2) is 7.91. The van der Waals surface area contributed by atoms with Crippen LogP contribution >= 0.6 is 0 Å². The van der Waals surface area contributed by atoms with Gasteiger partial charge in [-0.2, -0.15) is 0 Å². The van der Waals surface area contributed by atoms with Gasteiger partial charge < -0.3 is 29.2 Å². The summed E-state index contributed by atoms with van der Waals surface area (Å²) in [6.07, 6.45) is -0.137. The van der Waals surface area contributed by atoms with E-state index < -0.39 is 30.5 Å². The first kappa shape index (κ1) is 22.1. The molecule has 2 N–H and O–H groups in total. The quantitative estimate of drug-likeness (QED) is 0.739. The highest BCUT2D eigenvalue weighted by Gasteiger charge is 2.52. The van der Waals surface area contributed by atoms with Gasteiger partial charge in [0.15, 0.2) is 0 Å². The molecule has 0 radical (unpaired) electrons. The predicted molar refractivity (Wildman–Crippen MR) is 111 cm³/mol. The largest absolute Gasteiger partial charge is 0.496 e. The fourth-order valence-corrected chi connectivity index (χ4v) is 3.68. The minimum atomic E-state index is -0.632. The Morgan fingerprint density at radius 2 is 1.83 bits per heavy atom. The van der Waals surface area contributed by atoms with Gasteiger partial charge in [-0.05, 0) is 70.6 Å². The number of hydrogen-bond donors (Lipinski definition) is 2. The van der Waals surface area contributed by atoms with Crippen LogP contribution in [0, 0.1) is 13.8 Å². The molecule has 8 heteroatoms. The summed E-state index contributed by atoms with van der Waals surface area (Å²) in [6.45, 7) is 12.6. The summed E-state index contributed by atoms with van der Waals surface area (Å²) in [4.78, 5) is 13.1. The van der Waals surface area contributed by atoms with E-state index in [1.54, 1.807) is 13.2 Å². The molecule has 2 aliphatic heterocycles. The molecule has 1 aromatic rings. The van der Waals surface area contributed by atoms with Crippen LogP contribution < -0.4 is 15.5 Å². The van der Waals surface area contributed by atoms with Crippen LogP contribution in [0.5, 0.6) is 5.75 Å². The Hall–Kier alpha value is -1.61. The summed E-state index contributed by atoms with van der Waals surface area (Å²) in [5, 5.41) is 13.0. The van der Waals surface area contributed by atoms with Crippen molar-refractivity contribution in [3.05, 3.63) is 22.8 Å². The van der Waals surface area contributed by atoms with Crippen molar-refractivity contribution >= 4 is 18.5 Å². The van der Waals surface area contributed by atoms with Crippen molar-refractivity contribution in [3.8, 4) is 5.75 Å². The number of benzene rings is 1. The molecule has 160 valence electrons. The number of methoxy groups -OCH3 is 1. The monoisotopic (exact) mass is 405 g/mol. The minimum absolute atomic E-state index is 0.282. The summed E-state index contributed by atoms with van der Waals surface area (Å²) >= 11 is 0. The van der Waals surface area contributed by atoms with E-state index in [4.69, 9.17) is 18.8 Å². The number of aliphatic hydroxyl groups is 1. The molecule has 0 aromatic heterocycles. The Morgan fingerprint density at radius 1 is 1.21 bits per heavy atom. The SMILES string of the molecule is COc1c(C(=O)N[C@H]2COCC[C@@H]2O)cc(B2OC(C)(C)C(C)(C)O2)c(C)c1C. The minimum Gasteiger partial charge on any atom is -0.496 e. The summed E-state index contributed by atoms with van der Waals surface area (Å²) in [5.41, 5.74) is 2.03. The number of carbonyl (C=O) groups excluding carboxylic acids is 1. The third-order valence-corrected chi connectivity index (χ3v) is 6.47. The molecule has 2 fully saturated rings. The van der Waals surface area contributed by atoms with E-state index in [9.17, 15) is 9.90 Å². The molecule has 0 bridgehead atoms. The van der Waals surface area contributed by atoms with Crippen molar-refractivity contribution in [3.63, 3.8) is 0 Å². The zero-order valence-electron chi connectivity index (χ0n) is 18.4. The van der Waals surface area contributed by atoms with Gasteiger partial charge in [-0.3, -0.25) is 4.79 Å². The molecular weight excluding hydrogens is 373 g/mol. The normalized spacial score (nSPS) is 25.7. The van der Waals surface area contributed by atoms with Crippen molar-refractivity contribution in [2.45, 2.75) is 71.3 Å². The van der Waals surface area contributed by atoms with Gasteiger partial charge in [0.1, 0.15) is 5.75 Å². The predicted octanol–water partition coefficient (Wildman–Crippen LogP) is 1.49. The van der Waals surface area contributed by atoms with Crippen molar-refractivity contribution in [2.75, 3.05) is 20.3 Å². The lowest BCUT2D eigenvalue weighted by molar-refractivity contribution is -0.0140. The maximum atomic E-state index is 13.1. The van der Waals surface area contributed by atoms with Crippen LogP contribution in [0.2, 0.25) is 0 Å². The second-order valence-electron chi connectivity index (χ2n) is 8.90. The number of nitrogens with one attached hydrogen (secondary N) is 1. The third-order valence-electron chi connectivity index (χ3n) is 6.47. The average molecular weight is 405 g/mol. The van der Waals surface area contributed by atoms with Gasteiger partial charge in [0.25, 0.3) is 5.91 Å². The van der Waals surface area contributed by atoms with Crippen molar-refractivity contribution in [1.29, 1.82) is 0 Å². The molecule has 0 aliphatic carbocycles. The highest BCUT2D eigenvalue weighted by atomic mass is 16.7. The van der Waals surface area contributed by atoms with Gasteiger partial charge in [0.05, 0.1) is 42.6 Å². The molecule has 2 aliphatic rings. The topological polar surface area (TPSA) is 86.3 Å². The summed E-state index contributed by atoms with van der Waals surface area (Å²) in [6, 6.07) is 1.32. The Kier molecular flexibility index (Phi) is 6.02. The Morgan fingerprint density at radius 3 is 2.38 bits per heavy atom. The first-order valence-electron chi connectivity index (χ1n) is 10.1. The number of carbonyl (C=O) groups is 1. The number of aliphatic hydroxyl groups excluding tert-OH is 1. The lowest BCUT2D eigenvalue weighted by atomic mass is 9.74. The van der Waals surface area contributed by atoms with Crippen molar-refractivity contribution in [2.24, 2.45) is 0 Å². The van der Waals surface area contributed by atoms with Crippen LogP contribution in [0.4, 0.5) is 0 Å². The Bertz CT molecular complexity index is 778. The zero-order chi connectivity index (χ0) is 21.6. The maximum Gasteiger partial charge on any atom is 0.495 e. The van der Waals surface area contributed by atoms with E-state index in [-0.39, 0.29) is 12.5 Å².